The first-order valence-electron chi connectivity index (χ1n) is 8.37. The molecule has 2 N–H and O–H groups in total. The van der Waals surface area contributed by atoms with Crippen LogP contribution in [0.15, 0.2) is 0 Å². The molecule has 3 rings (SSSR count). The van der Waals surface area contributed by atoms with Gasteiger partial charge in [0.1, 0.15) is 5.82 Å². The van der Waals surface area contributed by atoms with Gasteiger partial charge in [0.2, 0.25) is 5.95 Å². The molecule has 2 aliphatic rings. The summed E-state index contributed by atoms with van der Waals surface area (Å²) in [5.41, 5.74) is 2.44. The lowest BCUT2D eigenvalue weighted by molar-refractivity contribution is 0.301. The molecular formula is C16H28N6. The first kappa shape index (κ1) is 15.5. The third-order valence-corrected chi connectivity index (χ3v) is 4.77. The van der Waals surface area contributed by atoms with E-state index in [1.165, 1.54) is 31.4 Å². The molecule has 0 unspecified atom stereocenters. The van der Waals surface area contributed by atoms with Crippen molar-refractivity contribution in [2.75, 3.05) is 51.0 Å². The molecule has 0 bridgehead atoms. The number of nitrogens with zero attached hydrogens (tertiary/aromatic N) is 4. The molecule has 0 aliphatic carbocycles. The fourth-order valence-electron chi connectivity index (χ4n) is 3.39. The molecule has 0 aromatic carbocycles. The number of aromatic nitrogens is 2. The van der Waals surface area contributed by atoms with E-state index in [1.807, 2.05) is 19.0 Å². The summed E-state index contributed by atoms with van der Waals surface area (Å²) < 4.78 is 0. The Bertz CT molecular complexity index is 516. The van der Waals surface area contributed by atoms with Gasteiger partial charge in [-0.25, -0.2) is 4.98 Å². The SMILES string of the molecule is CN(C)c1nc2c(c(NCC[C@@H]3CCCN3C)n1)CCNC2. The number of likely N-dealkylation sites (tertiary alicyclic amines) is 1. The predicted octanol–water partition coefficient (Wildman–Crippen LogP) is 1.08. The Labute approximate surface area is 133 Å². The van der Waals surface area contributed by atoms with Crippen LogP contribution in [0.5, 0.6) is 0 Å². The van der Waals surface area contributed by atoms with Gasteiger partial charge in [-0.1, -0.05) is 0 Å². The molecule has 1 atom stereocenters. The maximum absolute atomic E-state index is 4.73. The zero-order chi connectivity index (χ0) is 15.5. The molecule has 0 radical (unpaired) electrons. The smallest absolute Gasteiger partial charge is 0.227 e. The Morgan fingerprint density at radius 2 is 2.23 bits per heavy atom. The molecule has 0 amide bonds. The monoisotopic (exact) mass is 304 g/mol. The molecule has 1 aromatic heterocycles. The maximum atomic E-state index is 4.73. The number of rotatable bonds is 5. The summed E-state index contributed by atoms with van der Waals surface area (Å²) in [7, 11) is 6.23. The lowest BCUT2D eigenvalue weighted by Gasteiger charge is -2.23. The molecule has 122 valence electrons. The van der Waals surface area contributed by atoms with Crippen LogP contribution in [-0.4, -0.2) is 61.7 Å². The van der Waals surface area contributed by atoms with E-state index in [2.05, 4.69) is 27.6 Å². The minimum absolute atomic E-state index is 0.722. The molecule has 3 heterocycles. The Morgan fingerprint density at radius 1 is 1.36 bits per heavy atom. The van der Waals surface area contributed by atoms with E-state index in [-0.39, 0.29) is 0 Å². The van der Waals surface area contributed by atoms with E-state index >= 15 is 0 Å². The first-order valence-corrected chi connectivity index (χ1v) is 8.37. The largest absolute Gasteiger partial charge is 0.370 e. The van der Waals surface area contributed by atoms with Crippen LogP contribution in [0, 0.1) is 0 Å². The summed E-state index contributed by atoms with van der Waals surface area (Å²) in [6.45, 7) is 4.08. The normalized spacial score (nSPS) is 21.7. The van der Waals surface area contributed by atoms with Gasteiger partial charge in [-0.05, 0) is 45.8 Å². The average Bonchev–Trinajstić information content (AvgIpc) is 2.92. The van der Waals surface area contributed by atoms with Crippen LogP contribution in [0.25, 0.3) is 0 Å². The summed E-state index contributed by atoms with van der Waals surface area (Å²) in [4.78, 5) is 13.9. The zero-order valence-electron chi connectivity index (χ0n) is 14.0. The van der Waals surface area contributed by atoms with Crippen LogP contribution >= 0.6 is 0 Å². The fraction of sp³-hybridized carbons (Fsp3) is 0.750. The van der Waals surface area contributed by atoms with Gasteiger partial charge in [-0.2, -0.15) is 4.98 Å². The van der Waals surface area contributed by atoms with Gasteiger partial charge in [-0.15, -0.1) is 0 Å². The second-order valence-corrected chi connectivity index (χ2v) is 6.61. The molecule has 6 nitrogen and oxygen atoms in total. The molecule has 6 heteroatoms. The van der Waals surface area contributed by atoms with E-state index in [0.29, 0.717) is 0 Å². The minimum Gasteiger partial charge on any atom is -0.370 e. The van der Waals surface area contributed by atoms with Crippen molar-refractivity contribution in [1.29, 1.82) is 0 Å². The number of hydrogen-bond donors (Lipinski definition) is 2. The topological polar surface area (TPSA) is 56.3 Å². The van der Waals surface area contributed by atoms with Gasteiger partial charge in [0, 0.05) is 38.8 Å². The number of nitrogens with one attached hydrogen (secondary N) is 2. The van der Waals surface area contributed by atoms with Crippen molar-refractivity contribution in [3.05, 3.63) is 11.3 Å². The van der Waals surface area contributed by atoms with Crippen molar-refractivity contribution in [3.63, 3.8) is 0 Å². The highest BCUT2D eigenvalue weighted by Crippen LogP contribution is 2.23. The van der Waals surface area contributed by atoms with Crippen LogP contribution in [0.2, 0.25) is 0 Å². The van der Waals surface area contributed by atoms with Crippen LogP contribution in [0.3, 0.4) is 0 Å². The molecular weight excluding hydrogens is 276 g/mol. The Morgan fingerprint density at radius 3 is 2.95 bits per heavy atom. The second kappa shape index (κ2) is 6.79. The second-order valence-electron chi connectivity index (χ2n) is 6.61. The summed E-state index contributed by atoms with van der Waals surface area (Å²) in [5.74, 6) is 1.83. The van der Waals surface area contributed by atoms with E-state index in [0.717, 1.165) is 49.6 Å². The summed E-state index contributed by atoms with van der Waals surface area (Å²) in [6.07, 6.45) is 4.85. The average molecular weight is 304 g/mol. The number of fused-ring (bicyclic) bond motifs is 1. The summed E-state index contributed by atoms with van der Waals surface area (Å²) >= 11 is 0. The van der Waals surface area contributed by atoms with Gasteiger partial charge in [0.25, 0.3) is 0 Å². The highest BCUT2D eigenvalue weighted by molar-refractivity contribution is 5.52. The van der Waals surface area contributed by atoms with E-state index < -0.39 is 0 Å². The van der Waals surface area contributed by atoms with Crippen LogP contribution < -0.4 is 15.5 Å². The Balaban J connectivity index is 1.70. The molecule has 2 aliphatic heterocycles. The molecule has 0 saturated carbocycles. The highest BCUT2D eigenvalue weighted by atomic mass is 15.2. The van der Waals surface area contributed by atoms with Crippen LogP contribution in [0.1, 0.15) is 30.5 Å². The highest BCUT2D eigenvalue weighted by Gasteiger charge is 2.21. The lowest BCUT2D eigenvalue weighted by atomic mass is 10.1. The molecule has 1 aromatic rings. The van der Waals surface area contributed by atoms with Crippen molar-refractivity contribution >= 4 is 11.8 Å². The fourth-order valence-corrected chi connectivity index (χ4v) is 3.39. The van der Waals surface area contributed by atoms with Crippen LogP contribution in [-0.2, 0) is 13.0 Å². The van der Waals surface area contributed by atoms with Gasteiger partial charge in [-0.3, -0.25) is 0 Å². The van der Waals surface area contributed by atoms with Crippen molar-refractivity contribution in [3.8, 4) is 0 Å². The van der Waals surface area contributed by atoms with Gasteiger partial charge in [0.15, 0.2) is 0 Å². The molecule has 0 spiro atoms. The first-order chi connectivity index (χ1) is 10.6. The Hall–Kier alpha value is -1.40. The standard InChI is InChI=1S/C16H28N6/c1-21(2)16-19-14-11-17-8-7-13(14)15(20-16)18-9-6-12-5-4-10-22(12)3/h12,17H,4-11H2,1-3H3,(H,18,19,20)/t12-/m0/s1. The maximum Gasteiger partial charge on any atom is 0.227 e. The van der Waals surface area contributed by atoms with Crippen molar-refractivity contribution in [2.24, 2.45) is 0 Å². The minimum atomic E-state index is 0.722. The van der Waals surface area contributed by atoms with Crippen molar-refractivity contribution in [2.45, 2.75) is 38.3 Å². The lowest BCUT2D eigenvalue weighted by Crippen LogP contribution is -2.29. The predicted molar refractivity (Wildman–Crippen MR) is 90.5 cm³/mol. The summed E-state index contributed by atoms with van der Waals surface area (Å²) in [5, 5.41) is 6.98. The zero-order valence-corrected chi connectivity index (χ0v) is 14.0. The quantitative estimate of drug-likeness (QED) is 0.849. The number of hydrogen-bond acceptors (Lipinski definition) is 6. The molecule has 1 fully saturated rings. The number of anilines is 2. The van der Waals surface area contributed by atoms with E-state index in [9.17, 15) is 0 Å². The van der Waals surface area contributed by atoms with Gasteiger partial charge < -0.3 is 20.4 Å². The van der Waals surface area contributed by atoms with E-state index in [1.54, 1.807) is 0 Å². The summed E-state index contributed by atoms with van der Waals surface area (Å²) in [6, 6.07) is 0.722. The third kappa shape index (κ3) is 3.33. The van der Waals surface area contributed by atoms with E-state index in [4.69, 9.17) is 4.98 Å². The van der Waals surface area contributed by atoms with Crippen molar-refractivity contribution < 1.29 is 0 Å². The third-order valence-electron chi connectivity index (χ3n) is 4.77. The molecule has 1 saturated heterocycles. The van der Waals surface area contributed by atoms with Gasteiger partial charge >= 0.3 is 0 Å². The van der Waals surface area contributed by atoms with Crippen LogP contribution in [0.4, 0.5) is 11.8 Å². The molecule has 22 heavy (non-hydrogen) atoms. The Kier molecular flexibility index (Phi) is 4.78. The van der Waals surface area contributed by atoms with Gasteiger partial charge in [0.05, 0.1) is 5.69 Å². The van der Waals surface area contributed by atoms with Crippen molar-refractivity contribution in [1.82, 2.24) is 20.2 Å².